The molecule has 1 rings (SSSR count). The summed E-state index contributed by atoms with van der Waals surface area (Å²) in [6, 6.07) is 0.728. The second-order valence-corrected chi connectivity index (χ2v) is 6.44. The van der Waals surface area contributed by atoms with Gasteiger partial charge < -0.3 is 5.11 Å². The highest BCUT2D eigenvalue weighted by atomic mass is 16.3. The minimum Gasteiger partial charge on any atom is -0.389 e. The highest BCUT2D eigenvalue weighted by molar-refractivity contribution is 4.83. The van der Waals surface area contributed by atoms with Crippen molar-refractivity contribution in [1.29, 1.82) is 0 Å². The van der Waals surface area contributed by atoms with Crippen LogP contribution in [0.15, 0.2) is 0 Å². The topological polar surface area (TPSA) is 23.5 Å². The summed E-state index contributed by atoms with van der Waals surface area (Å²) in [4.78, 5) is 2.55. The molecule has 0 bridgehead atoms. The van der Waals surface area contributed by atoms with Crippen molar-refractivity contribution in [3.63, 3.8) is 0 Å². The first kappa shape index (κ1) is 15.0. The Bertz CT molecular complexity index is 207. The molecule has 0 amide bonds. The molecule has 1 aliphatic rings. The summed E-state index contributed by atoms with van der Waals surface area (Å²) in [6.45, 7) is 10.6. The average molecular weight is 241 g/mol. The number of nitrogens with zero attached hydrogens (tertiary/aromatic N) is 1. The highest BCUT2D eigenvalue weighted by Gasteiger charge is 2.28. The van der Waals surface area contributed by atoms with E-state index in [0.717, 1.165) is 31.5 Å². The summed E-state index contributed by atoms with van der Waals surface area (Å²) >= 11 is 0. The van der Waals surface area contributed by atoms with Gasteiger partial charge in [0, 0.05) is 12.6 Å². The van der Waals surface area contributed by atoms with Crippen molar-refractivity contribution in [2.45, 2.75) is 77.9 Å². The zero-order valence-corrected chi connectivity index (χ0v) is 12.2. The summed E-state index contributed by atoms with van der Waals surface area (Å²) in [5.74, 6) is 0.755. The van der Waals surface area contributed by atoms with Gasteiger partial charge in [-0.3, -0.25) is 4.90 Å². The van der Waals surface area contributed by atoms with Crippen LogP contribution in [0.2, 0.25) is 0 Å². The smallest absolute Gasteiger partial charge is 0.0743 e. The molecule has 2 nitrogen and oxygen atoms in total. The molecule has 1 aliphatic carbocycles. The third kappa shape index (κ3) is 5.39. The summed E-state index contributed by atoms with van der Waals surface area (Å²) in [7, 11) is 0. The number of rotatable bonds is 7. The Kier molecular flexibility index (Phi) is 5.94. The Morgan fingerprint density at radius 3 is 2.35 bits per heavy atom. The van der Waals surface area contributed by atoms with Gasteiger partial charge in [0.15, 0.2) is 0 Å². The van der Waals surface area contributed by atoms with Crippen LogP contribution in [0.1, 0.15) is 66.2 Å². The molecule has 0 aromatic heterocycles. The molecule has 0 heterocycles. The third-order valence-corrected chi connectivity index (χ3v) is 4.14. The molecule has 1 N–H and O–H groups in total. The Balaban J connectivity index is 2.51. The monoisotopic (exact) mass is 241 g/mol. The van der Waals surface area contributed by atoms with Gasteiger partial charge in [-0.25, -0.2) is 0 Å². The van der Waals surface area contributed by atoms with Crippen LogP contribution in [0.4, 0.5) is 0 Å². The van der Waals surface area contributed by atoms with E-state index in [0.29, 0.717) is 0 Å². The van der Waals surface area contributed by atoms with E-state index in [-0.39, 0.29) is 0 Å². The zero-order chi connectivity index (χ0) is 12.9. The first-order valence-corrected chi connectivity index (χ1v) is 7.41. The molecule has 0 aromatic rings. The first-order valence-electron chi connectivity index (χ1n) is 7.41. The molecule has 0 aromatic carbocycles. The molecular formula is C15H31NO. The zero-order valence-electron chi connectivity index (χ0n) is 12.2. The highest BCUT2D eigenvalue weighted by Crippen LogP contribution is 2.26. The molecule has 0 spiro atoms. The second kappa shape index (κ2) is 6.75. The predicted octanol–water partition coefficient (Wildman–Crippen LogP) is 3.44. The largest absolute Gasteiger partial charge is 0.389 e. The van der Waals surface area contributed by atoms with E-state index in [1.165, 1.54) is 32.1 Å². The molecule has 0 aliphatic heterocycles. The average Bonchev–Trinajstić information content (AvgIpc) is 2.77. The van der Waals surface area contributed by atoms with Gasteiger partial charge in [-0.2, -0.15) is 0 Å². The molecule has 17 heavy (non-hydrogen) atoms. The van der Waals surface area contributed by atoms with Crippen LogP contribution in [-0.2, 0) is 0 Å². The van der Waals surface area contributed by atoms with Crippen LogP contribution in [-0.4, -0.2) is 34.7 Å². The number of aliphatic hydroxyl groups is 1. The van der Waals surface area contributed by atoms with E-state index < -0.39 is 5.60 Å². The minimum absolute atomic E-state index is 0.514. The third-order valence-electron chi connectivity index (χ3n) is 4.14. The van der Waals surface area contributed by atoms with E-state index in [2.05, 4.69) is 25.7 Å². The fourth-order valence-electron chi connectivity index (χ4n) is 2.63. The van der Waals surface area contributed by atoms with Crippen LogP contribution >= 0.6 is 0 Å². The lowest BCUT2D eigenvalue weighted by atomic mass is 10.0. The van der Waals surface area contributed by atoms with E-state index >= 15 is 0 Å². The quantitative estimate of drug-likeness (QED) is 0.738. The van der Waals surface area contributed by atoms with E-state index in [1.807, 2.05) is 6.92 Å². The number of hydrogen-bond donors (Lipinski definition) is 1. The Morgan fingerprint density at radius 2 is 1.88 bits per heavy atom. The van der Waals surface area contributed by atoms with Gasteiger partial charge in [0.05, 0.1) is 5.60 Å². The van der Waals surface area contributed by atoms with Crippen LogP contribution in [0.25, 0.3) is 0 Å². The fourth-order valence-corrected chi connectivity index (χ4v) is 2.63. The van der Waals surface area contributed by atoms with Gasteiger partial charge in [-0.05, 0) is 45.1 Å². The van der Waals surface area contributed by atoms with Gasteiger partial charge in [0.25, 0.3) is 0 Å². The molecule has 2 heteroatoms. The molecule has 0 radical (unpaired) electrons. The molecule has 102 valence electrons. The van der Waals surface area contributed by atoms with Crippen molar-refractivity contribution in [3.05, 3.63) is 0 Å². The van der Waals surface area contributed by atoms with Crippen molar-refractivity contribution in [1.82, 2.24) is 4.90 Å². The first-order chi connectivity index (χ1) is 7.94. The normalized spacial score (nSPS) is 21.4. The molecule has 1 fully saturated rings. The fraction of sp³-hybridized carbons (Fsp3) is 1.00. The van der Waals surface area contributed by atoms with Gasteiger partial charge >= 0.3 is 0 Å². The maximum atomic E-state index is 10.3. The molecule has 1 saturated carbocycles. The van der Waals surface area contributed by atoms with Crippen molar-refractivity contribution in [2.24, 2.45) is 5.92 Å². The van der Waals surface area contributed by atoms with Crippen molar-refractivity contribution >= 4 is 0 Å². The van der Waals surface area contributed by atoms with Crippen molar-refractivity contribution < 1.29 is 5.11 Å². The molecule has 1 unspecified atom stereocenters. The standard InChI is InChI=1S/C15H31NO/c1-5-15(4,17)12-16(11-10-13(2)3)14-8-6-7-9-14/h13-14,17H,5-12H2,1-4H3. The Labute approximate surface area is 107 Å². The van der Waals surface area contributed by atoms with E-state index in [1.54, 1.807) is 0 Å². The van der Waals surface area contributed by atoms with E-state index in [9.17, 15) is 5.11 Å². The SMILES string of the molecule is CCC(C)(O)CN(CCC(C)C)C1CCCC1. The van der Waals surface area contributed by atoms with E-state index in [4.69, 9.17) is 0 Å². The van der Waals surface area contributed by atoms with Gasteiger partial charge in [0.1, 0.15) is 0 Å². The molecule has 0 saturated heterocycles. The Morgan fingerprint density at radius 1 is 1.29 bits per heavy atom. The van der Waals surface area contributed by atoms with Crippen molar-refractivity contribution in [2.75, 3.05) is 13.1 Å². The number of hydrogen-bond acceptors (Lipinski definition) is 2. The maximum Gasteiger partial charge on any atom is 0.0743 e. The predicted molar refractivity (Wildman–Crippen MR) is 74.2 cm³/mol. The lowest BCUT2D eigenvalue weighted by Gasteiger charge is -2.35. The van der Waals surface area contributed by atoms with Crippen molar-refractivity contribution in [3.8, 4) is 0 Å². The summed E-state index contributed by atoms with van der Waals surface area (Å²) < 4.78 is 0. The maximum absolute atomic E-state index is 10.3. The minimum atomic E-state index is -0.514. The van der Waals surface area contributed by atoms with Gasteiger partial charge in [0.2, 0.25) is 0 Å². The summed E-state index contributed by atoms with van der Waals surface area (Å²) in [5.41, 5.74) is -0.514. The Hall–Kier alpha value is -0.0800. The second-order valence-electron chi connectivity index (χ2n) is 6.44. The lowest BCUT2D eigenvalue weighted by molar-refractivity contribution is 0.00209. The molecule has 1 atom stereocenters. The summed E-state index contributed by atoms with van der Waals surface area (Å²) in [5, 5.41) is 10.3. The van der Waals surface area contributed by atoms with Crippen LogP contribution < -0.4 is 0 Å². The van der Waals surface area contributed by atoms with Gasteiger partial charge in [-0.15, -0.1) is 0 Å². The summed E-state index contributed by atoms with van der Waals surface area (Å²) in [6.07, 6.45) is 7.50. The molecular weight excluding hydrogens is 210 g/mol. The van der Waals surface area contributed by atoms with Crippen LogP contribution in [0.5, 0.6) is 0 Å². The lowest BCUT2D eigenvalue weighted by Crippen LogP contribution is -2.45. The van der Waals surface area contributed by atoms with Crippen LogP contribution in [0.3, 0.4) is 0 Å². The van der Waals surface area contributed by atoms with Crippen LogP contribution in [0, 0.1) is 5.92 Å². The van der Waals surface area contributed by atoms with Gasteiger partial charge in [-0.1, -0.05) is 33.6 Å².